The van der Waals surface area contributed by atoms with Crippen LogP contribution >= 0.6 is 11.6 Å². The Bertz CT molecular complexity index is 502. The Labute approximate surface area is 156 Å². The van der Waals surface area contributed by atoms with Crippen LogP contribution in [0.1, 0.15) is 30.9 Å². The van der Waals surface area contributed by atoms with Crippen molar-refractivity contribution in [1.82, 2.24) is 4.90 Å². The summed E-state index contributed by atoms with van der Waals surface area (Å²) in [6, 6.07) is 3.89. The van der Waals surface area contributed by atoms with Crippen LogP contribution in [0.4, 0.5) is 0 Å². The molecule has 0 aliphatic heterocycles. The molecule has 6 heteroatoms. The quantitative estimate of drug-likeness (QED) is 0.610. The van der Waals surface area contributed by atoms with E-state index in [-0.39, 0.29) is 6.61 Å². The molecule has 0 aliphatic rings. The van der Waals surface area contributed by atoms with Crippen molar-refractivity contribution in [3.05, 3.63) is 28.3 Å². The van der Waals surface area contributed by atoms with Gasteiger partial charge in [0, 0.05) is 38.9 Å². The zero-order chi connectivity index (χ0) is 18.8. The van der Waals surface area contributed by atoms with Gasteiger partial charge in [-0.1, -0.05) is 25.4 Å². The van der Waals surface area contributed by atoms with Crippen LogP contribution in [-0.2, 0) is 9.47 Å². The molecule has 0 aliphatic carbocycles. The van der Waals surface area contributed by atoms with Gasteiger partial charge in [0.1, 0.15) is 18.5 Å². The molecule has 1 atom stereocenters. The summed E-state index contributed by atoms with van der Waals surface area (Å²) in [5.74, 6) is 1.08. The molecule has 0 saturated carbocycles. The third-order valence-electron chi connectivity index (χ3n) is 4.04. The van der Waals surface area contributed by atoms with E-state index in [1.807, 2.05) is 19.1 Å². The molecule has 0 spiro atoms. The molecule has 1 aromatic carbocycles. The first-order valence-corrected chi connectivity index (χ1v) is 9.08. The molecule has 0 amide bonds. The fraction of sp³-hybridized carbons (Fsp3) is 0.684. The lowest BCUT2D eigenvalue weighted by molar-refractivity contribution is 0.0457. The van der Waals surface area contributed by atoms with Gasteiger partial charge in [0.25, 0.3) is 0 Å². The third-order valence-corrected chi connectivity index (χ3v) is 4.44. The highest BCUT2D eigenvalue weighted by atomic mass is 35.5. The molecule has 5 nitrogen and oxygen atoms in total. The van der Waals surface area contributed by atoms with Crippen molar-refractivity contribution in [2.45, 2.75) is 32.8 Å². The van der Waals surface area contributed by atoms with E-state index in [0.717, 1.165) is 35.0 Å². The molecule has 0 radical (unpaired) electrons. The standard InChI is InChI=1S/C19H32ClNO4/c1-14(2)17-11-18(20)15(3)10-19(17)25-13-16(22)12-21(6-8-23-4)7-9-24-5/h10-11,14,16,22H,6-9,12-13H2,1-5H3/t16-/m0/s1. The predicted octanol–water partition coefficient (Wildman–Crippen LogP) is 3.11. The SMILES string of the molecule is COCCN(CCOC)C[C@H](O)COc1cc(C)c(Cl)cc1C(C)C. The highest BCUT2D eigenvalue weighted by molar-refractivity contribution is 6.31. The van der Waals surface area contributed by atoms with Gasteiger partial charge in [0.15, 0.2) is 0 Å². The molecule has 25 heavy (non-hydrogen) atoms. The maximum absolute atomic E-state index is 10.4. The van der Waals surface area contributed by atoms with Gasteiger partial charge in [-0.25, -0.2) is 0 Å². The number of ether oxygens (including phenoxy) is 3. The topological polar surface area (TPSA) is 51.2 Å². The first-order chi connectivity index (χ1) is 11.9. The molecular formula is C19H32ClNO4. The molecule has 144 valence electrons. The van der Waals surface area contributed by atoms with Crippen LogP contribution < -0.4 is 4.74 Å². The fourth-order valence-corrected chi connectivity index (χ4v) is 2.69. The van der Waals surface area contributed by atoms with Gasteiger partial charge >= 0.3 is 0 Å². The van der Waals surface area contributed by atoms with Crippen molar-refractivity contribution in [3.8, 4) is 5.75 Å². The van der Waals surface area contributed by atoms with Crippen LogP contribution in [-0.4, -0.2) is 69.8 Å². The summed E-state index contributed by atoms with van der Waals surface area (Å²) < 4.78 is 16.2. The number of halogens is 1. The van der Waals surface area contributed by atoms with Crippen LogP contribution in [0.2, 0.25) is 5.02 Å². The molecule has 0 unspecified atom stereocenters. The highest BCUT2D eigenvalue weighted by Crippen LogP contribution is 2.32. The second-order valence-electron chi connectivity index (χ2n) is 6.54. The number of methoxy groups -OCH3 is 2. The lowest BCUT2D eigenvalue weighted by atomic mass is 10.0. The van der Waals surface area contributed by atoms with Crippen LogP contribution in [0.15, 0.2) is 12.1 Å². The van der Waals surface area contributed by atoms with Crippen molar-refractivity contribution in [2.24, 2.45) is 0 Å². The van der Waals surface area contributed by atoms with Gasteiger partial charge in [-0.15, -0.1) is 0 Å². The van der Waals surface area contributed by atoms with Crippen LogP contribution in [0.3, 0.4) is 0 Å². The zero-order valence-electron chi connectivity index (χ0n) is 16.0. The van der Waals surface area contributed by atoms with Crippen LogP contribution in [0, 0.1) is 6.92 Å². The molecule has 1 N–H and O–H groups in total. The average Bonchev–Trinajstić information content (AvgIpc) is 2.57. The number of aliphatic hydroxyl groups excluding tert-OH is 1. The molecule has 1 rings (SSSR count). The first kappa shape index (κ1) is 22.2. The summed E-state index contributed by atoms with van der Waals surface area (Å²) in [5, 5.41) is 11.1. The first-order valence-electron chi connectivity index (χ1n) is 8.70. The smallest absolute Gasteiger partial charge is 0.123 e. The Hall–Kier alpha value is -0.850. The van der Waals surface area contributed by atoms with Gasteiger partial charge in [0.05, 0.1) is 13.2 Å². The van der Waals surface area contributed by atoms with E-state index in [1.165, 1.54) is 0 Å². The highest BCUT2D eigenvalue weighted by Gasteiger charge is 2.15. The average molecular weight is 374 g/mol. The van der Waals surface area contributed by atoms with Crippen molar-refractivity contribution in [1.29, 1.82) is 0 Å². The molecule has 0 bridgehead atoms. The van der Waals surface area contributed by atoms with Gasteiger partial charge in [0.2, 0.25) is 0 Å². The van der Waals surface area contributed by atoms with Gasteiger partial charge < -0.3 is 19.3 Å². The van der Waals surface area contributed by atoms with E-state index in [1.54, 1.807) is 14.2 Å². The minimum absolute atomic E-state index is 0.233. The number of hydrogen-bond acceptors (Lipinski definition) is 5. The Morgan fingerprint density at radius 2 is 1.72 bits per heavy atom. The second-order valence-corrected chi connectivity index (χ2v) is 6.95. The summed E-state index contributed by atoms with van der Waals surface area (Å²) in [6.45, 7) is 9.61. The number of nitrogens with zero attached hydrogens (tertiary/aromatic N) is 1. The van der Waals surface area contributed by atoms with Crippen molar-refractivity contribution >= 4 is 11.6 Å². The fourth-order valence-electron chi connectivity index (χ4n) is 2.52. The van der Waals surface area contributed by atoms with Crippen molar-refractivity contribution < 1.29 is 19.3 Å². The van der Waals surface area contributed by atoms with Crippen molar-refractivity contribution in [3.63, 3.8) is 0 Å². The summed E-state index contributed by atoms with van der Waals surface area (Å²) in [4.78, 5) is 2.11. The molecule has 0 saturated heterocycles. The van der Waals surface area contributed by atoms with E-state index in [4.69, 9.17) is 25.8 Å². The van der Waals surface area contributed by atoms with Crippen molar-refractivity contribution in [2.75, 3.05) is 53.7 Å². The molecular weight excluding hydrogens is 342 g/mol. The number of hydrogen-bond donors (Lipinski definition) is 1. The third kappa shape index (κ3) is 7.92. The molecule has 0 aromatic heterocycles. The van der Waals surface area contributed by atoms with E-state index >= 15 is 0 Å². The minimum Gasteiger partial charge on any atom is -0.491 e. The largest absolute Gasteiger partial charge is 0.491 e. The Balaban J connectivity index is 2.65. The maximum atomic E-state index is 10.4. The summed E-state index contributed by atoms with van der Waals surface area (Å²) in [6.07, 6.45) is -0.593. The Morgan fingerprint density at radius 1 is 1.12 bits per heavy atom. The van der Waals surface area contributed by atoms with Gasteiger partial charge in [-0.3, -0.25) is 4.90 Å². The Morgan fingerprint density at radius 3 is 2.24 bits per heavy atom. The normalized spacial score (nSPS) is 12.8. The molecule has 0 heterocycles. The van der Waals surface area contributed by atoms with E-state index < -0.39 is 6.10 Å². The summed E-state index contributed by atoms with van der Waals surface area (Å²) in [7, 11) is 3.34. The minimum atomic E-state index is -0.593. The van der Waals surface area contributed by atoms with Gasteiger partial charge in [-0.05, 0) is 36.1 Å². The van der Waals surface area contributed by atoms with E-state index in [0.29, 0.717) is 25.7 Å². The van der Waals surface area contributed by atoms with E-state index in [2.05, 4.69) is 18.7 Å². The maximum Gasteiger partial charge on any atom is 0.123 e. The summed E-state index contributed by atoms with van der Waals surface area (Å²) >= 11 is 6.22. The molecule has 1 aromatic rings. The number of aliphatic hydroxyl groups is 1. The monoisotopic (exact) mass is 373 g/mol. The lowest BCUT2D eigenvalue weighted by Crippen LogP contribution is -2.39. The van der Waals surface area contributed by atoms with E-state index in [9.17, 15) is 5.11 Å². The summed E-state index contributed by atoms with van der Waals surface area (Å²) in [5.41, 5.74) is 2.02. The zero-order valence-corrected chi connectivity index (χ0v) is 16.8. The Kier molecular flexibility index (Phi) is 10.4. The predicted molar refractivity (Wildman–Crippen MR) is 102 cm³/mol. The van der Waals surface area contributed by atoms with Gasteiger partial charge in [-0.2, -0.15) is 0 Å². The number of benzene rings is 1. The molecule has 0 fully saturated rings. The number of aryl methyl sites for hydroxylation is 1. The lowest BCUT2D eigenvalue weighted by Gasteiger charge is -2.25. The van der Waals surface area contributed by atoms with Crippen LogP contribution in [0.5, 0.6) is 5.75 Å². The second kappa shape index (κ2) is 11.7. The number of rotatable bonds is 12. The van der Waals surface area contributed by atoms with Crippen LogP contribution in [0.25, 0.3) is 0 Å².